The van der Waals surface area contributed by atoms with Gasteiger partial charge in [-0.25, -0.2) is 0 Å². The summed E-state index contributed by atoms with van der Waals surface area (Å²) >= 11 is 0. The summed E-state index contributed by atoms with van der Waals surface area (Å²) in [5.41, 5.74) is 10.7. The minimum absolute atomic E-state index is 0.135. The lowest BCUT2D eigenvalue weighted by molar-refractivity contribution is -0.0980. The fourth-order valence-electron chi connectivity index (χ4n) is 9.71. The summed E-state index contributed by atoms with van der Waals surface area (Å²) in [6.07, 6.45) is 1.25. The number of amides is 4. The standard InChI is InChI=1S/C36H37N3O4.C35H34N2O4.C3H8.C2H6.CH2O/c1-7-39(6)30-22-31-29(21-28(30)24-12-11-13-25(20-24)34(40)38-36(2,3)4)32(35(41)37-5)33(43-31)23-16-18-27(19-17-23)42-26-14-9-8-10-15-26;1-21-10-14-26(15-11-21)40-27-16-12-23(13-17-27)32-31(34(39)36-6)29-20-28(22(2)18-30(29)41-32)24-8-7-9-25(19-24)33(38)37-35(3,4)5;1-3-2;2*1-2/h8-22H,7H2,1-6H3,(H,37,41)(H,38,40);7-20H,1-6H3,(H,36,39)(H,37,38);3H2,1-2H3;1-2H3;1H2. The van der Waals surface area contributed by atoms with Crippen LogP contribution < -0.4 is 35.6 Å². The first kappa shape index (κ1) is 69.9. The number of ether oxygens (including phenoxy) is 2. The zero-order chi connectivity index (χ0) is 66.7. The third-order valence-electron chi connectivity index (χ3n) is 14.0. The SMILES string of the molecule is C=O.CC.CCC.CCN(C)c1cc2oc(-c3ccc(Oc4ccccc4)cc3)c(C(=O)NC)c2cc1-c1cccc(C(=O)NC(C)(C)C)c1.CNC(=O)c1c(-c2ccc(Oc3ccc(C)cc3)cc2)oc2cc(C)c(-c3cccc(C(=O)NC(C)(C)C)c3)cc12. The van der Waals surface area contributed by atoms with Crippen molar-refractivity contribution in [3.8, 4) is 67.9 Å². The molecule has 0 radical (unpaired) electrons. The highest BCUT2D eigenvalue weighted by molar-refractivity contribution is 6.14. The Morgan fingerprint density at radius 3 is 1.26 bits per heavy atom. The van der Waals surface area contributed by atoms with E-state index in [1.807, 2.05) is 253 Å². The van der Waals surface area contributed by atoms with Crippen LogP contribution in [0.2, 0.25) is 0 Å². The number of hydrogen-bond donors (Lipinski definition) is 4. The molecule has 4 amide bonds. The summed E-state index contributed by atoms with van der Waals surface area (Å²) in [5.74, 6) is 3.04. The van der Waals surface area contributed by atoms with Gasteiger partial charge in [0.2, 0.25) is 0 Å². The lowest BCUT2D eigenvalue weighted by atomic mass is 9.95. The van der Waals surface area contributed by atoms with Crippen molar-refractivity contribution in [3.05, 3.63) is 209 Å². The Morgan fingerprint density at radius 1 is 0.473 bits per heavy atom. The molecule has 0 bridgehead atoms. The van der Waals surface area contributed by atoms with Gasteiger partial charge in [0, 0.05) is 89.1 Å². The molecule has 0 spiro atoms. The molecule has 0 aliphatic carbocycles. The van der Waals surface area contributed by atoms with Crippen LogP contribution in [0.15, 0.2) is 185 Å². The zero-order valence-corrected chi connectivity index (χ0v) is 55.5. The smallest absolute Gasteiger partial charge is 0.255 e. The van der Waals surface area contributed by atoms with Crippen molar-refractivity contribution in [1.82, 2.24) is 21.3 Å². The second-order valence-corrected chi connectivity index (χ2v) is 23.5. The van der Waals surface area contributed by atoms with Crippen molar-refractivity contribution in [3.63, 3.8) is 0 Å². The van der Waals surface area contributed by atoms with Crippen LogP contribution in [0.5, 0.6) is 23.0 Å². The van der Waals surface area contributed by atoms with Crippen molar-refractivity contribution in [1.29, 1.82) is 0 Å². The van der Waals surface area contributed by atoms with Gasteiger partial charge in [-0.15, -0.1) is 0 Å². The lowest BCUT2D eigenvalue weighted by Gasteiger charge is -2.22. The summed E-state index contributed by atoms with van der Waals surface area (Å²) in [6, 6.07) is 55.4. The Bertz CT molecular complexity index is 4080. The zero-order valence-electron chi connectivity index (χ0n) is 55.5. The predicted octanol–water partition coefficient (Wildman–Crippen LogP) is 18.2. The van der Waals surface area contributed by atoms with Crippen molar-refractivity contribution in [2.24, 2.45) is 0 Å². The maximum Gasteiger partial charge on any atom is 0.255 e. The topological polar surface area (TPSA) is 181 Å². The second kappa shape index (κ2) is 31.8. The van der Waals surface area contributed by atoms with E-state index in [1.165, 1.54) is 6.42 Å². The molecule has 14 nitrogen and oxygen atoms in total. The first-order chi connectivity index (χ1) is 43.5. The number of carbonyl (C=O) groups is 5. The van der Waals surface area contributed by atoms with Crippen LogP contribution in [-0.4, -0.2) is 69.2 Å². The van der Waals surface area contributed by atoms with E-state index in [4.69, 9.17) is 23.1 Å². The Balaban J connectivity index is 0.000000264. The van der Waals surface area contributed by atoms with E-state index in [-0.39, 0.29) is 34.7 Å². The van der Waals surface area contributed by atoms with Gasteiger partial charge in [0.15, 0.2) is 0 Å². The van der Waals surface area contributed by atoms with Crippen molar-refractivity contribution >= 4 is 58.0 Å². The number of hydrogen-bond acceptors (Lipinski definition) is 10. The molecule has 0 saturated heterocycles. The number of carbonyl (C=O) groups excluding carboxylic acids is 5. The van der Waals surface area contributed by atoms with E-state index in [2.05, 4.69) is 46.9 Å². The summed E-state index contributed by atoms with van der Waals surface area (Å²) < 4.78 is 24.7. The van der Waals surface area contributed by atoms with Gasteiger partial charge in [0.1, 0.15) is 52.5 Å². The molecule has 2 aromatic heterocycles. The largest absolute Gasteiger partial charge is 0.457 e. The second-order valence-electron chi connectivity index (χ2n) is 23.5. The van der Waals surface area contributed by atoms with E-state index >= 15 is 0 Å². The van der Waals surface area contributed by atoms with Crippen LogP contribution in [-0.2, 0) is 4.79 Å². The average Bonchev–Trinajstić information content (AvgIpc) is 1.71. The fourth-order valence-corrected chi connectivity index (χ4v) is 9.71. The molecule has 0 unspecified atom stereocenters. The number of anilines is 1. The third-order valence-corrected chi connectivity index (χ3v) is 14.0. The third kappa shape index (κ3) is 18.0. The molecule has 2 heterocycles. The number of fused-ring (bicyclic) bond motifs is 2. The molecule has 14 heteroatoms. The molecule has 0 saturated carbocycles. The summed E-state index contributed by atoms with van der Waals surface area (Å²) in [4.78, 5) is 62.5. The molecule has 0 aliphatic rings. The highest BCUT2D eigenvalue weighted by atomic mass is 16.5. The van der Waals surface area contributed by atoms with Gasteiger partial charge in [-0.2, -0.15) is 0 Å². The van der Waals surface area contributed by atoms with E-state index in [9.17, 15) is 19.2 Å². The van der Waals surface area contributed by atoms with Crippen molar-refractivity contribution in [2.45, 2.75) is 108 Å². The molecule has 0 atom stereocenters. The van der Waals surface area contributed by atoms with Crippen LogP contribution in [0, 0.1) is 13.8 Å². The van der Waals surface area contributed by atoms with Gasteiger partial charge in [0.05, 0.1) is 11.1 Å². The molecule has 91 heavy (non-hydrogen) atoms. The molecule has 0 aliphatic heterocycles. The van der Waals surface area contributed by atoms with Crippen LogP contribution in [0.4, 0.5) is 5.69 Å². The van der Waals surface area contributed by atoms with Gasteiger partial charge in [0.25, 0.3) is 23.6 Å². The molecule has 10 rings (SSSR count). The van der Waals surface area contributed by atoms with Crippen LogP contribution in [0.1, 0.15) is 135 Å². The van der Waals surface area contributed by atoms with Gasteiger partial charge in [-0.1, -0.05) is 94.3 Å². The quantitative estimate of drug-likeness (QED) is 0.0818. The molecular formula is C77H87N5O9. The predicted molar refractivity (Wildman–Crippen MR) is 371 cm³/mol. The van der Waals surface area contributed by atoms with E-state index in [0.29, 0.717) is 67.2 Å². The maximum absolute atomic E-state index is 13.3. The number of benzene rings is 8. The number of para-hydroxylation sites is 1. The van der Waals surface area contributed by atoms with Crippen LogP contribution >= 0.6 is 0 Å². The molecule has 0 fully saturated rings. The Morgan fingerprint density at radius 2 is 0.857 bits per heavy atom. The monoisotopic (exact) mass is 1230 g/mol. The summed E-state index contributed by atoms with van der Waals surface area (Å²) in [7, 11) is 5.23. The number of aryl methyl sites for hydroxylation is 2. The Hall–Kier alpha value is -10.2. The minimum Gasteiger partial charge on any atom is -0.457 e. The Labute approximate surface area is 536 Å². The first-order valence-corrected chi connectivity index (χ1v) is 30.7. The van der Waals surface area contributed by atoms with E-state index in [1.54, 1.807) is 20.2 Å². The van der Waals surface area contributed by atoms with Crippen molar-refractivity contribution < 1.29 is 42.3 Å². The van der Waals surface area contributed by atoms with Gasteiger partial charge in [-0.3, -0.25) is 19.2 Å². The summed E-state index contributed by atoms with van der Waals surface area (Å²) in [5, 5.41) is 13.0. The number of nitrogens with one attached hydrogen (secondary N) is 4. The molecule has 10 aromatic rings. The molecule has 474 valence electrons. The Kier molecular flexibility index (Phi) is 24.4. The minimum atomic E-state index is -0.360. The highest BCUT2D eigenvalue weighted by Crippen LogP contribution is 2.43. The average molecular weight is 1230 g/mol. The van der Waals surface area contributed by atoms with Crippen molar-refractivity contribution in [2.75, 3.05) is 32.6 Å². The highest BCUT2D eigenvalue weighted by Gasteiger charge is 2.27. The van der Waals surface area contributed by atoms with E-state index in [0.717, 1.165) is 68.2 Å². The molecule has 4 N–H and O–H groups in total. The fraction of sp³-hybridized carbons (Fsp3) is 0.260. The lowest BCUT2D eigenvalue weighted by Crippen LogP contribution is -2.40. The molecular weight excluding hydrogens is 1140 g/mol. The number of nitrogens with zero attached hydrogens (tertiary/aromatic N) is 1. The number of furan rings is 2. The normalized spacial score (nSPS) is 10.8. The van der Waals surface area contributed by atoms with E-state index < -0.39 is 0 Å². The number of rotatable bonds is 14. The summed E-state index contributed by atoms with van der Waals surface area (Å²) in [6.45, 7) is 28.8. The first-order valence-electron chi connectivity index (χ1n) is 30.7. The maximum atomic E-state index is 13.3. The van der Waals surface area contributed by atoms with Crippen LogP contribution in [0.3, 0.4) is 0 Å². The molecule has 8 aromatic carbocycles. The van der Waals surface area contributed by atoms with Gasteiger partial charge in [-0.05, 0) is 200 Å². The van der Waals surface area contributed by atoms with Gasteiger partial charge >= 0.3 is 0 Å². The van der Waals surface area contributed by atoms with Crippen LogP contribution in [0.25, 0.3) is 66.8 Å². The van der Waals surface area contributed by atoms with Gasteiger partial charge < -0.3 is 49.3 Å².